The lowest BCUT2D eigenvalue weighted by Gasteiger charge is -2.24. The van der Waals surface area contributed by atoms with Crippen molar-refractivity contribution in [1.82, 2.24) is 5.32 Å². The van der Waals surface area contributed by atoms with Crippen LogP contribution in [0.3, 0.4) is 0 Å². The van der Waals surface area contributed by atoms with Gasteiger partial charge in [-0.05, 0) is 87.4 Å². The lowest BCUT2D eigenvalue weighted by Crippen LogP contribution is -2.41. The van der Waals surface area contributed by atoms with E-state index in [1.165, 1.54) is 5.56 Å². The Labute approximate surface area is 207 Å². The van der Waals surface area contributed by atoms with Gasteiger partial charge in [0.2, 0.25) is 5.91 Å². The number of carbonyl (C=O) groups is 1. The molecule has 35 heavy (non-hydrogen) atoms. The third kappa shape index (κ3) is 6.99. The fourth-order valence-electron chi connectivity index (χ4n) is 3.38. The zero-order valence-corrected chi connectivity index (χ0v) is 21.4. The number of amides is 1. The molecule has 1 N–H and O–H groups in total. The van der Waals surface area contributed by atoms with Gasteiger partial charge in [-0.15, -0.1) is 0 Å². The van der Waals surface area contributed by atoms with Crippen molar-refractivity contribution < 1.29 is 22.7 Å². The topological polar surface area (TPSA) is 84.9 Å². The predicted octanol–water partition coefficient (Wildman–Crippen LogP) is 4.40. The maximum atomic E-state index is 13.5. The maximum Gasteiger partial charge on any atom is 0.264 e. The van der Waals surface area contributed by atoms with E-state index in [1.54, 1.807) is 48.5 Å². The number of hydrogen-bond acceptors (Lipinski definition) is 5. The van der Waals surface area contributed by atoms with Gasteiger partial charge in [0, 0.05) is 0 Å². The van der Waals surface area contributed by atoms with E-state index >= 15 is 0 Å². The summed E-state index contributed by atoms with van der Waals surface area (Å²) in [5, 5.41) is 2.75. The number of hydrogen-bond donors (Lipinski definition) is 1. The van der Waals surface area contributed by atoms with Crippen LogP contribution in [-0.4, -0.2) is 40.6 Å². The van der Waals surface area contributed by atoms with Gasteiger partial charge in [0.15, 0.2) is 0 Å². The number of aryl methyl sites for hydroxylation is 3. The second-order valence-electron chi connectivity index (χ2n) is 8.20. The standard InChI is InChI=1S/C27H32N2O5S/c1-5-33-24-12-9-23(10-13-24)29(35(31,32)26-14-6-20(2)7-15-26)19-27(30)28-16-17-34-25-11-8-21(3)22(4)18-25/h6-15,18H,5,16-17,19H2,1-4H3,(H,28,30). The maximum absolute atomic E-state index is 13.5. The summed E-state index contributed by atoms with van der Waals surface area (Å²) in [5.74, 6) is 0.912. The molecule has 3 aromatic carbocycles. The number of ether oxygens (including phenoxy) is 2. The molecule has 3 rings (SSSR count). The Morgan fingerprint density at radius 2 is 1.51 bits per heavy atom. The Kier molecular flexibility index (Phi) is 8.76. The average molecular weight is 497 g/mol. The number of sulfonamides is 1. The number of carbonyl (C=O) groups excluding carboxylic acids is 1. The summed E-state index contributed by atoms with van der Waals surface area (Å²) >= 11 is 0. The zero-order chi connectivity index (χ0) is 25.4. The highest BCUT2D eigenvalue weighted by Gasteiger charge is 2.27. The van der Waals surface area contributed by atoms with E-state index in [-0.39, 0.29) is 24.6 Å². The van der Waals surface area contributed by atoms with Gasteiger partial charge in [0.05, 0.1) is 23.7 Å². The summed E-state index contributed by atoms with van der Waals surface area (Å²) in [5.41, 5.74) is 3.61. The first-order chi connectivity index (χ1) is 16.7. The molecule has 0 aliphatic rings. The molecular formula is C27H32N2O5S. The summed E-state index contributed by atoms with van der Waals surface area (Å²) in [6.07, 6.45) is 0. The molecule has 0 fully saturated rings. The summed E-state index contributed by atoms with van der Waals surface area (Å²) in [6, 6.07) is 19.0. The molecule has 3 aromatic rings. The van der Waals surface area contributed by atoms with Crippen molar-refractivity contribution >= 4 is 21.6 Å². The van der Waals surface area contributed by atoms with Crippen LogP contribution < -0.4 is 19.1 Å². The van der Waals surface area contributed by atoms with Crippen LogP contribution in [0.2, 0.25) is 0 Å². The smallest absolute Gasteiger partial charge is 0.264 e. The minimum atomic E-state index is -3.97. The van der Waals surface area contributed by atoms with Gasteiger partial charge >= 0.3 is 0 Å². The van der Waals surface area contributed by atoms with Crippen LogP contribution in [0.25, 0.3) is 0 Å². The van der Waals surface area contributed by atoms with Gasteiger partial charge < -0.3 is 14.8 Å². The van der Waals surface area contributed by atoms with Gasteiger partial charge in [-0.1, -0.05) is 23.8 Å². The molecule has 0 saturated carbocycles. The van der Waals surface area contributed by atoms with Gasteiger partial charge in [0.25, 0.3) is 10.0 Å². The van der Waals surface area contributed by atoms with Crippen molar-refractivity contribution in [2.24, 2.45) is 0 Å². The molecule has 0 bridgehead atoms. The van der Waals surface area contributed by atoms with Crippen molar-refractivity contribution in [3.05, 3.63) is 83.4 Å². The number of benzene rings is 3. The molecule has 0 radical (unpaired) electrons. The Bertz CT molecular complexity index is 1240. The second kappa shape index (κ2) is 11.8. The Morgan fingerprint density at radius 1 is 0.857 bits per heavy atom. The van der Waals surface area contributed by atoms with E-state index in [2.05, 4.69) is 5.32 Å². The first-order valence-electron chi connectivity index (χ1n) is 11.5. The number of anilines is 1. The molecule has 0 saturated heterocycles. The van der Waals surface area contributed by atoms with Gasteiger partial charge in [-0.3, -0.25) is 9.10 Å². The molecule has 0 aliphatic carbocycles. The Hall–Kier alpha value is -3.52. The minimum Gasteiger partial charge on any atom is -0.494 e. The van der Waals surface area contributed by atoms with Crippen molar-refractivity contribution in [3.63, 3.8) is 0 Å². The Morgan fingerprint density at radius 3 is 2.14 bits per heavy atom. The van der Waals surface area contributed by atoms with Crippen LogP contribution in [0.5, 0.6) is 11.5 Å². The third-order valence-electron chi connectivity index (χ3n) is 5.50. The number of rotatable bonds is 11. The van der Waals surface area contributed by atoms with E-state index in [9.17, 15) is 13.2 Å². The minimum absolute atomic E-state index is 0.114. The summed E-state index contributed by atoms with van der Waals surface area (Å²) in [4.78, 5) is 12.9. The molecule has 7 nitrogen and oxygen atoms in total. The molecule has 0 heterocycles. The molecule has 0 aliphatic heterocycles. The lowest BCUT2D eigenvalue weighted by atomic mass is 10.1. The average Bonchev–Trinajstić information content (AvgIpc) is 2.83. The van der Waals surface area contributed by atoms with Gasteiger partial charge in [-0.25, -0.2) is 8.42 Å². The van der Waals surface area contributed by atoms with Crippen molar-refractivity contribution in [1.29, 1.82) is 0 Å². The summed E-state index contributed by atoms with van der Waals surface area (Å²) in [6.45, 7) is 8.43. The van der Waals surface area contributed by atoms with Crippen LogP contribution in [0.1, 0.15) is 23.6 Å². The largest absolute Gasteiger partial charge is 0.494 e. The van der Waals surface area contributed by atoms with Gasteiger partial charge in [0.1, 0.15) is 24.7 Å². The first-order valence-corrected chi connectivity index (χ1v) is 12.9. The lowest BCUT2D eigenvalue weighted by molar-refractivity contribution is -0.119. The molecule has 8 heteroatoms. The fourth-order valence-corrected chi connectivity index (χ4v) is 4.80. The number of nitrogens with one attached hydrogen (secondary N) is 1. The van der Waals surface area contributed by atoms with Crippen molar-refractivity contribution in [3.8, 4) is 11.5 Å². The Balaban J connectivity index is 1.71. The molecule has 1 amide bonds. The SMILES string of the molecule is CCOc1ccc(N(CC(=O)NCCOc2ccc(C)c(C)c2)S(=O)(=O)c2ccc(C)cc2)cc1. The second-order valence-corrected chi connectivity index (χ2v) is 10.1. The molecule has 0 atom stereocenters. The zero-order valence-electron chi connectivity index (χ0n) is 20.6. The van der Waals surface area contributed by atoms with Crippen LogP contribution >= 0.6 is 0 Å². The monoisotopic (exact) mass is 496 g/mol. The molecule has 0 unspecified atom stereocenters. The van der Waals surface area contributed by atoms with Crippen LogP contribution in [0.4, 0.5) is 5.69 Å². The summed E-state index contributed by atoms with van der Waals surface area (Å²) < 4.78 is 39.2. The van der Waals surface area contributed by atoms with Crippen LogP contribution in [0.15, 0.2) is 71.6 Å². The molecule has 0 spiro atoms. The quantitative estimate of drug-likeness (QED) is 0.398. The third-order valence-corrected chi connectivity index (χ3v) is 7.29. The highest BCUT2D eigenvalue weighted by Crippen LogP contribution is 2.26. The van der Waals surface area contributed by atoms with Gasteiger partial charge in [-0.2, -0.15) is 0 Å². The highest BCUT2D eigenvalue weighted by atomic mass is 32.2. The first kappa shape index (κ1) is 26.1. The van der Waals surface area contributed by atoms with Crippen molar-refractivity contribution in [2.75, 3.05) is 30.6 Å². The van der Waals surface area contributed by atoms with E-state index in [0.29, 0.717) is 18.0 Å². The summed E-state index contributed by atoms with van der Waals surface area (Å²) in [7, 11) is -3.97. The van der Waals surface area contributed by atoms with E-state index in [4.69, 9.17) is 9.47 Å². The predicted molar refractivity (Wildman–Crippen MR) is 138 cm³/mol. The van der Waals surface area contributed by atoms with Crippen LogP contribution in [-0.2, 0) is 14.8 Å². The molecular weight excluding hydrogens is 464 g/mol. The van der Waals surface area contributed by atoms with Crippen LogP contribution in [0, 0.1) is 20.8 Å². The molecule has 186 valence electrons. The number of nitrogens with zero attached hydrogens (tertiary/aromatic N) is 1. The normalized spacial score (nSPS) is 11.1. The highest BCUT2D eigenvalue weighted by molar-refractivity contribution is 7.92. The molecule has 0 aromatic heterocycles. The van der Waals surface area contributed by atoms with E-state index < -0.39 is 15.9 Å². The van der Waals surface area contributed by atoms with Crippen molar-refractivity contribution in [2.45, 2.75) is 32.6 Å². The van der Waals surface area contributed by atoms with E-state index in [1.807, 2.05) is 45.9 Å². The fraction of sp³-hybridized carbons (Fsp3) is 0.296. The van der Waals surface area contributed by atoms with E-state index in [0.717, 1.165) is 21.2 Å².